The predicted octanol–water partition coefficient (Wildman–Crippen LogP) is 3.82. The smallest absolute Gasteiger partial charge is 0.410 e. The van der Waals surface area contributed by atoms with Gasteiger partial charge in [-0.15, -0.1) is 0 Å². The van der Waals surface area contributed by atoms with E-state index >= 15 is 0 Å². The Morgan fingerprint density at radius 3 is 2.63 bits per heavy atom. The molecule has 2 fully saturated rings. The molecule has 5 heterocycles. The van der Waals surface area contributed by atoms with Gasteiger partial charge in [0.25, 0.3) is 5.91 Å². The summed E-state index contributed by atoms with van der Waals surface area (Å²) >= 11 is 0. The third kappa shape index (κ3) is 6.54. The second-order valence-electron chi connectivity index (χ2n) is 11.1. The molecule has 10 heteroatoms. The quantitative estimate of drug-likeness (QED) is 0.529. The number of fused-ring (bicyclic) bond motifs is 1. The highest BCUT2D eigenvalue weighted by Crippen LogP contribution is 2.23. The summed E-state index contributed by atoms with van der Waals surface area (Å²) < 4.78 is 15.3. The van der Waals surface area contributed by atoms with Crippen molar-refractivity contribution in [1.82, 2.24) is 29.1 Å². The number of carbonyl (C=O) groups excluding carboxylic acids is 2. The van der Waals surface area contributed by atoms with E-state index in [1.165, 1.54) is 5.56 Å². The van der Waals surface area contributed by atoms with Gasteiger partial charge in [-0.1, -0.05) is 6.07 Å². The molecule has 204 valence electrons. The van der Waals surface area contributed by atoms with Crippen molar-refractivity contribution in [3.05, 3.63) is 59.8 Å². The summed E-state index contributed by atoms with van der Waals surface area (Å²) in [6.07, 6.45) is 10.8. The zero-order valence-corrected chi connectivity index (χ0v) is 22.6. The maximum absolute atomic E-state index is 12.7. The molecule has 0 bridgehead atoms. The lowest BCUT2D eigenvalue weighted by Crippen LogP contribution is -2.49. The van der Waals surface area contributed by atoms with Gasteiger partial charge in [0.1, 0.15) is 17.5 Å². The van der Waals surface area contributed by atoms with Gasteiger partial charge >= 0.3 is 6.09 Å². The minimum Gasteiger partial charge on any atom is -0.444 e. The molecule has 2 aliphatic rings. The number of nitrogens with one attached hydrogen (secondary N) is 1. The number of amides is 2. The number of piperazine rings is 1. The number of ether oxygens (including phenoxy) is 2. The second-order valence-corrected chi connectivity index (χ2v) is 11.1. The van der Waals surface area contributed by atoms with Crippen LogP contribution in [0, 0.1) is 0 Å². The predicted molar refractivity (Wildman–Crippen MR) is 143 cm³/mol. The van der Waals surface area contributed by atoms with Gasteiger partial charge in [0.15, 0.2) is 0 Å². The van der Waals surface area contributed by atoms with Crippen LogP contribution in [-0.2, 0) is 22.6 Å². The number of aromatic nitrogens is 3. The average Bonchev–Trinajstić information content (AvgIpc) is 3.54. The Labute approximate surface area is 223 Å². The van der Waals surface area contributed by atoms with Crippen molar-refractivity contribution in [2.24, 2.45) is 0 Å². The summed E-state index contributed by atoms with van der Waals surface area (Å²) in [7, 11) is 0. The highest BCUT2D eigenvalue weighted by Gasteiger charge is 2.26. The lowest BCUT2D eigenvalue weighted by molar-refractivity contribution is -0.0317. The Kier molecular flexibility index (Phi) is 7.71. The summed E-state index contributed by atoms with van der Waals surface area (Å²) in [5.74, 6) is -0.122. The van der Waals surface area contributed by atoms with Crippen LogP contribution in [0.25, 0.3) is 5.65 Å². The largest absolute Gasteiger partial charge is 0.444 e. The minimum atomic E-state index is -0.480. The van der Waals surface area contributed by atoms with Gasteiger partial charge < -0.3 is 28.7 Å². The van der Waals surface area contributed by atoms with Gasteiger partial charge in [0, 0.05) is 64.1 Å². The van der Waals surface area contributed by atoms with Crippen LogP contribution >= 0.6 is 0 Å². The molecular weight excluding hydrogens is 484 g/mol. The second kappa shape index (κ2) is 11.2. The molecule has 0 radical (unpaired) electrons. The van der Waals surface area contributed by atoms with Crippen LogP contribution in [0.4, 0.5) is 4.79 Å². The van der Waals surface area contributed by atoms with E-state index in [4.69, 9.17) is 9.47 Å². The average molecular weight is 523 g/mol. The van der Waals surface area contributed by atoms with Crippen molar-refractivity contribution in [3.8, 4) is 0 Å². The third-order valence-corrected chi connectivity index (χ3v) is 6.89. The van der Waals surface area contributed by atoms with Crippen molar-refractivity contribution >= 4 is 17.6 Å². The molecule has 2 amide bonds. The molecule has 5 rings (SSSR count). The molecule has 1 unspecified atom stereocenters. The molecule has 3 aromatic rings. The van der Waals surface area contributed by atoms with Crippen LogP contribution in [0.1, 0.15) is 67.9 Å². The van der Waals surface area contributed by atoms with Crippen molar-refractivity contribution in [1.29, 1.82) is 0 Å². The number of imidazole rings is 1. The maximum atomic E-state index is 12.7. The van der Waals surface area contributed by atoms with Crippen molar-refractivity contribution in [2.45, 2.75) is 65.0 Å². The van der Waals surface area contributed by atoms with Crippen molar-refractivity contribution in [3.63, 3.8) is 0 Å². The van der Waals surface area contributed by atoms with Crippen LogP contribution < -0.4 is 5.32 Å². The molecule has 1 atom stereocenters. The van der Waals surface area contributed by atoms with E-state index in [9.17, 15) is 9.59 Å². The first kappa shape index (κ1) is 26.2. The monoisotopic (exact) mass is 522 g/mol. The SMILES string of the molecule is CC(C)(C)OC(=O)N1CCN(Cc2ccc3nc(CNC(=O)c4ccn(C5CCCCO5)c4)cn3c2)CC1. The van der Waals surface area contributed by atoms with Crippen LogP contribution in [0.5, 0.6) is 0 Å². The standard InChI is InChI=1S/C28H38N6O4/c1-28(2,3)38-27(36)32-13-11-31(12-14-32)17-21-7-8-24-30-23(20-34(24)18-21)16-29-26(35)22-9-10-33(19-22)25-6-4-5-15-37-25/h7-10,18-20,25H,4-6,11-17H2,1-3H3,(H,29,35). The zero-order valence-electron chi connectivity index (χ0n) is 22.6. The molecule has 0 aliphatic carbocycles. The van der Waals surface area contributed by atoms with Gasteiger partial charge in [-0.2, -0.15) is 0 Å². The highest BCUT2D eigenvalue weighted by molar-refractivity contribution is 5.93. The number of pyridine rings is 1. The van der Waals surface area contributed by atoms with E-state index in [0.29, 0.717) is 25.2 Å². The number of carbonyl (C=O) groups is 2. The summed E-state index contributed by atoms with van der Waals surface area (Å²) in [4.78, 5) is 33.8. The molecule has 2 aliphatic heterocycles. The van der Waals surface area contributed by atoms with Crippen LogP contribution in [0.15, 0.2) is 43.0 Å². The Morgan fingerprint density at radius 2 is 1.89 bits per heavy atom. The van der Waals surface area contributed by atoms with Gasteiger partial charge in [-0.05, 0) is 57.7 Å². The fourth-order valence-electron chi connectivity index (χ4n) is 4.90. The molecule has 38 heavy (non-hydrogen) atoms. The molecule has 0 spiro atoms. The Morgan fingerprint density at radius 1 is 1.08 bits per heavy atom. The fraction of sp³-hybridized carbons (Fsp3) is 0.536. The van der Waals surface area contributed by atoms with E-state index < -0.39 is 5.60 Å². The van der Waals surface area contributed by atoms with E-state index in [2.05, 4.69) is 27.5 Å². The first-order valence-corrected chi connectivity index (χ1v) is 13.5. The number of rotatable bonds is 6. The summed E-state index contributed by atoms with van der Waals surface area (Å²) in [6.45, 7) is 10.5. The zero-order chi connectivity index (χ0) is 26.7. The summed E-state index contributed by atoms with van der Waals surface area (Å²) in [5, 5.41) is 2.98. The molecule has 3 aromatic heterocycles. The molecular formula is C28H38N6O4. The van der Waals surface area contributed by atoms with Gasteiger partial charge in [-0.25, -0.2) is 9.78 Å². The van der Waals surface area contributed by atoms with Crippen LogP contribution in [0.3, 0.4) is 0 Å². The van der Waals surface area contributed by atoms with Crippen LogP contribution in [-0.4, -0.2) is 74.1 Å². The molecule has 10 nitrogen and oxygen atoms in total. The molecule has 1 N–H and O–H groups in total. The van der Waals surface area contributed by atoms with E-state index in [-0.39, 0.29) is 18.2 Å². The first-order valence-electron chi connectivity index (χ1n) is 13.5. The van der Waals surface area contributed by atoms with Gasteiger partial charge in [0.2, 0.25) is 0 Å². The molecule has 2 saturated heterocycles. The van der Waals surface area contributed by atoms with Crippen molar-refractivity contribution in [2.75, 3.05) is 32.8 Å². The van der Waals surface area contributed by atoms with Crippen molar-refractivity contribution < 1.29 is 19.1 Å². The topological polar surface area (TPSA) is 93.3 Å². The van der Waals surface area contributed by atoms with Gasteiger partial charge in [0.05, 0.1) is 17.8 Å². The normalized spacial score (nSPS) is 19.0. The Bertz CT molecular complexity index is 1260. The Balaban J connectivity index is 1.12. The highest BCUT2D eigenvalue weighted by atomic mass is 16.6. The van der Waals surface area contributed by atoms with Crippen LogP contribution in [0.2, 0.25) is 0 Å². The number of nitrogens with zero attached hydrogens (tertiary/aromatic N) is 5. The summed E-state index contributed by atoms with van der Waals surface area (Å²) in [5.41, 5.74) is 2.95. The van der Waals surface area contributed by atoms with E-state index in [0.717, 1.165) is 56.8 Å². The van der Waals surface area contributed by atoms with Gasteiger partial charge in [-0.3, -0.25) is 9.69 Å². The lowest BCUT2D eigenvalue weighted by Gasteiger charge is -2.35. The maximum Gasteiger partial charge on any atom is 0.410 e. The third-order valence-electron chi connectivity index (χ3n) is 6.89. The molecule has 0 aromatic carbocycles. The summed E-state index contributed by atoms with van der Waals surface area (Å²) in [6, 6.07) is 5.92. The first-order chi connectivity index (χ1) is 18.2. The fourth-order valence-corrected chi connectivity index (χ4v) is 4.90. The van der Waals surface area contributed by atoms with E-state index in [1.54, 1.807) is 4.90 Å². The lowest BCUT2D eigenvalue weighted by atomic mass is 10.2. The molecule has 0 saturated carbocycles. The number of hydrogen-bond donors (Lipinski definition) is 1. The minimum absolute atomic E-state index is 0.0202. The van der Waals surface area contributed by atoms with E-state index in [1.807, 2.05) is 60.5 Å². The number of hydrogen-bond acceptors (Lipinski definition) is 6. The Hall–Kier alpha value is -3.37.